The molecule has 3 aromatic rings. The molecule has 1 N–H and O–H groups in total. The molecule has 0 aliphatic heterocycles. The molecule has 0 aliphatic rings. The lowest BCUT2D eigenvalue weighted by Crippen LogP contribution is -2.03. The van der Waals surface area contributed by atoms with E-state index in [1.165, 1.54) is 6.33 Å². The molecule has 0 unspecified atom stereocenters. The first-order valence-corrected chi connectivity index (χ1v) is 6.78. The topological polar surface area (TPSA) is 68.5 Å². The number of aromatic nitrogens is 5. The minimum Gasteiger partial charge on any atom is -0.378 e. The molecular formula is C14H13ClN6. The Morgan fingerprint density at radius 3 is 2.86 bits per heavy atom. The molecule has 3 rings (SSSR count). The summed E-state index contributed by atoms with van der Waals surface area (Å²) in [6, 6.07) is 9.58. The van der Waals surface area contributed by atoms with Crippen LogP contribution < -0.4 is 5.32 Å². The van der Waals surface area contributed by atoms with Crippen molar-refractivity contribution >= 4 is 17.3 Å². The predicted molar refractivity (Wildman–Crippen MR) is 80.5 cm³/mol. The minimum absolute atomic E-state index is 0.596. The van der Waals surface area contributed by atoms with Crippen LogP contribution in [-0.2, 0) is 6.54 Å². The van der Waals surface area contributed by atoms with Crippen molar-refractivity contribution in [3.63, 3.8) is 0 Å². The van der Waals surface area contributed by atoms with Gasteiger partial charge in [-0.2, -0.15) is 0 Å². The van der Waals surface area contributed by atoms with Gasteiger partial charge < -0.3 is 5.32 Å². The highest BCUT2D eigenvalue weighted by Crippen LogP contribution is 2.24. The first kappa shape index (κ1) is 13.5. The number of rotatable bonds is 4. The van der Waals surface area contributed by atoms with Crippen molar-refractivity contribution in [2.45, 2.75) is 13.5 Å². The van der Waals surface area contributed by atoms with Crippen molar-refractivity contribution in [3.8, 4) is 5.69 Å². The average Bonchev–Trinajstić information content (AvgIpc) is 3.02. The van der Waals surface area contributed by atoms with Crippen molar-refractivity contribution in [2.24, 2.45) is 0 Å². The third-order valence-corrected chi connectivity index (χ3v) is 3.33. The van der Waals surface area contributed by atoms with Gasteiger partial charge in [-0.15, -0.1) is 5.10 Å². The van der Waals surface area contributed by atoms with Crippen LogP contribution >= 0.6 is 11.6 Å². The van der Waals surface area contributed by atoms with Crippen LogP contribution in [0.2, 0.25) is 5.02 Å². The highest BCUT2D eigenvalue weighted by Gasteiger charge is 2.05. The first-order chi connectivity index (χ1) is 10.2. The van der Waals surface area contributed by atoms with E-state index in [9.17, 15) is 0 Å². The Bertz CT molecular complexity index is 724. The zero-order valence-corrected chi connectivity index (χ0v) is 12.1. The minimum atomic E-state index is 0.596. The summed E-state index contributed by atoms with van der Waals surface area (Å²) in [6.45, 7) is 2.61. The highest BCUT2D eigenvalue weighted by atomic mass is 35.5. The molecule has 6 nitrogen and oxygen atoms in total. The number of pyridine rings is 1. The second-order valence-electron chi connectivity index (χ2n) is 4.60. The van der Waals surface area contributed by atoms with Crippen LogP contribution in [0.5, 0.6) is 0 Å². The molecule has 0 spiro atoms. The summed E-state index contributed by atoms with van der Waals surface area (Å²) >= 11 is 6.21. The largest absolute Gasteiger partial charge is 0.378 e. The Morgan fingerprint density at radius 2 is 2.14 bits per heavy atom. The molecule has 0 saturated heterocycles. The number of benzene rings is 1. The Hall–Kier alpha value is -2.47. The van der Waals surface area contributed by atoms with E-state index in [0.717, 1.165) is 22.6 Å². The third kappa shape index (κ3) is 3.17. The van der Waals surface area contributed by atoms with Crippen molar-refractivity contribution in [1.82, 2.24) is 25.2 Å². The summed E-state index contributed by atoms with van der Waals surface area (Å²) in [5.74, 6) is 0. The Kier molecular flexibility index (Phi) is 3.79. The maximum Gasteiger partial charge on any atom is 0.143 e. The molecule has 7 heteroatoms. The summed E-state index contributed by atoms with van der Waals surface area (Å²) in [5.41, 5.74) is 3.73. The average molecular weight is 301 g/mol. The lowest BCUT2D eigenvalue weighted by molar-refractivity contribution is 0.789. The van der Waals surface area contributed by atoms with Crippen molar-refractivity contribution in [3.05, 3.63) is 59.1 Å². The van der Waals surface area contributed by atoms with Crippen LogP contribution in [0.1, 0.15) is 11.3 Å². The van der Waals surface area contributed by atoms with Gasteiger partial charge in [-0.3, -0.25) is 4.98 Å². The lowest BCUT2D eigenvalue weighted by atomic mass is 10.2. The zero-order valence-electron chi connectivity index (χ0n) is 11.4. The van der Waals surface area contributed by atoms with Gasteiger partial charge in [-0.05, 0) is 47.2 Å². The van der Waals surface area contributed by atoms with Crippen LogP contribution in [0.3, 0.4) is 0 Å². The number of nitrogens with zero attached hydrogens (tertiary/aromatic N) is 5. The van der Waals surface area contributed by atoms with Gasteiger partial charge >= 0.3 is 0 Å². The summed E-state index contributed by atoms with van der Waals surface area (Å²) < 4.78 is 1.58. The number of aryl methyl sites for hydroxylation is 1. The Balaban J connectivity index is 1.78. The van der Waals surface area contributed by atoms with E-state index in [2.05, 4.69) is 25.8 Å². The normalized spacial score (nSPS) is 10.6. The molecule has 0 radical (unpaired) electrons. The maximum atomic E-state index is 6.21. The molecule has 2 heterocycles. The fourth-order valence-electron chi connectivity index (χ4n) is 1.86. The first-order valence-electron chi connectivity index (χ1n) is 6.41. The predicted octanol–water partition coefficient (Wildman–Crippen LogP) is 2.63. The highest BCUT2D eigenvalue weighted by molar-refractivity contribution is 6.33. The molecule has 0 saturated carbocycles. The van der Waals surface area contributed by atoms with E-state index in [4.69, 9.17) is 11.6 Å². The summed E-state index contributed by atoms with van der Waals surface area (Å²) in [7, 11) is 0. The summed E-state index contributed by atoms with van der Waals surface area (Å²) in [5, 5.41) is 15.0. The van der Waals surface area contributed by atoms with Gasteiger partial charge in [0.25, 0.3) is 0 Å². The molecular weight excluding hydrogens is 288 g/mol. The van der Waals surface area contributed by atoms with E-state index in [0.29, 0.717) is 11.6 Å². The van der Waals surface area contributed by atoms with E-state index in [1.807, 2.05) is 43.5 Å². The molecule has 0 aliphatic carbocycles. The monoisotopic (exact) mass is 300 g/mol. The Morgan fingerprint density at radius 1 is 1.24 bits per heavy atom. The fourth-order valence-corrected chi connectivity index (χ4v) is 2.04. The van der Waals surface area contributed by atoms with Crippen molar-refractivity contribution in [1.29, 1.82) is 0 Å². The molecule has 21 heavy (non-hydrogen) atoms. The standard InChI is InChI=1S/C14H13ClN6/c1-10-2-3-11(16-7-10)8-17-14-6-12(4-5-13(14)15)21-9-18-19-20-21/h2-7,9,17H,8H2,1H3. The number of anilines is 1. The van der Waals surface area contributed by atoms with Crippen LogP contribution in [0.4, 0.5) is 5.69 Å². The van der Waals surface area contributed by atoms with Crippen LogP contribution in [0.15, 0.2) is 42.9 Å². The maximum absolute atomic E-state index is 6.21. The number of hydrogen-bond acceptors (Lipinski definition) is 5. The second kappa shape index (κ2) is 5.88. The van der Waals surface area contributed by atoms with E-state index >= 15 is 0 Å². The molecule has 1 aromatic carbocycles. The number of tetrazole rings is 1. The summed E-state index contributed by atoms with van der Waals surface area (Å²) in [4.78, 5) is 4.35. The van der Waals surface area contributed by atoms with Gasteiger partial charge in [0, 0.05) is 6.20 Å². The SMILES string of the molecule is Cc1ccc(CNc2cc(-n3cnnn3)ccc2Cl)nc1. The van der Waals surface area contributed by atoms with Crippen LogP contribution in [-0.4, -0.2) is 25.2 Å². The van der Waals surface area contributed by atoms with Gasteiger partial charge in [0.05, 0.1) is 28.6 Å². The molecule has 0 fully saturated rings. The molecule has 0 atom stereocenters. The van der Waals surface area contributed by atoms with Crippen LogP contribution in [0.25, 0.3) is 5.69 Å². The van der Waals surface area contributed by atoms with Gasteiger partial charge in [-0.25, -0.2) is 4.68 Å². The number of hydrogen-bond donors (Lipinski definition) is 1. The van der Waals surface area contributed by atoms with E-state index < -0.39 is 0 Å². The quantitative estimate of drug-likeness (QED) is 0.802. The second-order valence-corrected chi connectivity index (χ2v) is 5.01. The van der Waals surface area contributed by atoms with Gasteiger partial charge in [0.15, 0.2) is 0 Å². The number of halogens is 1. The molecule has 2 aromatic heterocycles. The zero-order chi connectivity index (χ0) is 14.7. The van der Waals surface area contributed by atoms with E-state index in [-0.39, 0.29) is 0 Å². The molecule has 0 amide bonds. The molecule has 106 valence electrons. The van der Waals surface area contributed by atoms with Crippen molar-refractivity contribution < 1.29 is 0 Å². The van der Waals surface area contributed by atoms with Gasteiger partial charge in [-0.1, -0.05) is 17.7 Å². The van der Waals surface area contributed by atoms with E-state index in [1.54, 1.807) is 4.68 Å². The number of nitrogens with one attached hydrogen (secondary N) is 1. The fraction of sp³-hybridized carbons (Fsp3) is 0.143. The molecule has 0 bridgehead atoms. The third-order valence-electron chi connectivity index (χ3n) is 3.00. The smallest absolute Gasteiger partial charge is 0.143 e. The summed E-state index contributed by atoms with van der Waals surface area (Å²) in [6.07, 6.45) is 3.38. The van der Waals surface area contributed by atoms with Crippen molar-refractivity contribution in [2.75, 3.05) is 5.32 Å². The Labute approximate surface area is 126 Å². The van der Waals surface area contributed by atoms with Crippen LogP contribution in [0, 0.1) is 6.92 Å². The van der Waals surface area contributed by atoms with Gasteiger partial charge in [0.2, 0.25) is 0 Å². The van der Waals surface area contributed by atoms with Gasteiger partial charge in [0.1, 0.15) is 6.33 Å². The lowest BCUT2D eigenvalue weighted by Gasteiger charge is -2.10.